The van der Waals surface area contributed by atoms with Crippen molar-refractivity contribution in [1.82, 2.24) is 5.32 Å². The van der Waals surface area contributed by atoms with Crippen LogP contribution in [0, 0.1) is 62.6 Å². The third-order valence-electron chi connectivity index (χ3n) is 17.9. The molecule has 0 aromatic heterocycles. The first-order chi connectivity index (χ1) is 24.7. The third kappa shape index (κ3) is 6.97. The number of hydrogen-bond acceptors (Lipinski definition) is 9. The molecule has 5 saturated carbocycles. The maximum absolute atomic E-state index is 11.7. The summed E-state index contributed by atoms with van der Waals surface area (Å²) in [5.41, 5.74) is 1.96. The first-order valence-corrected chi connectivity index (χ1v) is 21.3. The van der Waals surface area contributed by atoms with Gasteiger partial charge in [0, 0.05) is 6.92 Å². The Morgan fingerprint density at radius 1 is 0.792 bits per heavy atom. The SMILES string of the molecule is CC(=O)N[C@H]1[C@H](OC[C@H](O)[C@H](O)[C@H](O)CC[C@@H](C)[C@H]2CC[C@]3(C)[C@H]4CC[C@@H]5[C@@]6(C)CCCC(C)(C)[C@@H]6CC[C@@]5(C)[C@]4(C)CC[C@@H]23)O[C@H](CO)[C@@H](O)[C@@H]1O. The molecule has 53 heavy (non-hydrogen) atoms. The highest BCUT2D eigenvalue weighted by molar-refractivity contribution is 5.73. The van der Waals surface area contributed by atoms with Gasteiger partial charge in [-0.1, -0.05) is 54.9 Å². The van der Waals surface area contributed by atoms with E-state index in [1.54, 1.807) is 0 Å². The molecule has 0 bridgehead atoms. The lowest BCUT2D eigenvalue weighted by atomic mass is 9.32. The van der Waals surface area contributed by atoms with Crippen LogP contribution in [0.3, 0.4) is 0 Å². The molecule has 10 heteroatoms. The minimum atomic E-state index is -1.48. The van der Waals surface area contributed by atoms with Crippen molar-refractivity contribution in [3.8, 4) is 0 Å². The Bertz CT molecular complexity index is 1300. The van der Waals surface area contributed by atoms with Gasteiger partial charge in [0.05, 0.1) is 19.3 Å². The highest BCUT2D eigenvalue weighted by atomic mass is 16.7. The van der Waals surface area contributed by atoms with Crippen molar-refractivity contribution in [3.05, 3.63) is 0 Å². The van der Waals surface area contributed by atoms with Crippen LogP contribution in [0.4, 0.5) is 0 Å². The number of carbonyl (C=O) groups excluding carboxylic acids is 1. The lowest BCUT2D eigenvalue weighted by Crippen LogP contribution is -2.65. The van der Waals surface area contributed by atoms with E-state index in [4.69, 9.17) is 9.47 Å². The molecular weight excluding hydrogens is 674 g/mol. The number of ether oxygens (including phenoxy) is 2. The normalized spacial score (nSPS) is 48.6. The van der Waals surface area contributed by atoms with Crippen molar-refractivity contribution in [2.45, 2.75) is 188 Å². The van der Waals surface area contributed by atoms with Gasteiger partial charge in [0.25, 0.3) is 0 Å². The van der Waals surface area contributed by atoms with E-state index in [9.17, 15) is 35.4 Å². The summed E-state index contributed by atoms with van der Waals surface area (Å²) < 4.78 is 11.2. The van der Waals surface area contributed by atoms with Crippen LogP contribution in [0.5, 0.6) is 0 Å². The Morgan fingerprint density at radius 3 is 2.08 bits per heavy atom. The van der Waals surface area contributed by atoms with Gasteiger partial charge in [-0.25, -0.2) is 0 Å². The van der Waals surface area contributed by atoms with Crippen LogP contribution in [-0.2, 0) is 14.3 Å². The van der Waals surface area contributed by atoms with Crippen LogP contribution in [-0.4, -0.2) is 98.7 Å². The number of aliphatic hydroxyl groups excluding tert-OH is 6. The molecule has 10 nitrogen and oxygen atoms in total. The first-order valence-electron chi connectivity index (χ1n) is 21.3. The van der Waals surface area contributed by atoms with Gasteiger partial charge in [0.15, 0.2) is 6.29 Å². The molecule has 0 unspecified atom stereocenters. The molecule has 1 aliphatic heterocycles. The molecule has 5 aliphatic carbocycles. The minimum absolute atomic E-state index is 0.324. The van der Waals surface area contributed by atoms with E-state index in [0.29, 0.717) is 51.2 Å². The van der Waals surface area contributed by atoms with Crippen LogP contribution >= 0.6 is 0 Å². The molecule has 1 heterocycles. The highest BCUT2D eigenvalue weighted by Crippen LogP contribution is 2.78. The highest BCUT2D eigenvalue weighted by Gasteiger charge is 2.70. The largest absolute Gasteiger partial charge is 0.394 e. The van der Waals surface area contributed by atoms with Gasteiger partial charge in [0.1, 0.15) is 36.6 Å². The van der Waals surface area contributed by atoms with Crippen molar-refractivity contribution in [1.29, 1.82) is 0 Å². The summed E-state index contributed by atoms with van der Waals surface area (Å²) in [7, 11) is 0. The average Bonchev–Trinajstić information content (AvgIpc) is 3.45. The second-order valence-electron chi connectivity index (χ2n) is 20.8. The quantitative estimate of drug-likeness (QED) is 0.155. The second-order valence-corrected chi connectivity index (χ2v) is 20.8. The third-order valence-corrected chi connectivity index (χ3v) is 17.9. The molecule has 1 saturated heterocycles. The van der Waals surface area contributed by atoms with Crippen LogP contribution in [0.1, 0.15) is 139 Å². The summed E-state index contributed by atoms with van der Waals surface area (Å²) in [6, 6.07) is -1.16. The molecule has 306 valence electrons. The number of aliphatic hydroxyl groups is 6. The Hall–Kier alpha value is -0.850. The van der Waals surface area contributed by atoms with Crippen molar-refractivity contribution in [2.24, 2.45) is 62.6 Å². The van der Waals surface area contributed by atoms with Gasteiger partial charge in [-0.2, -0.15) is 0 Å². The summed E-state index contributed by atoms with van der Waals surface area (Å²) in [5, 5.41) is 65.6. The Balaban J connectivity index is 1.05. The number of carbonyl (C=O) groups is 1. The smallest absolute Gasteiger partial charge is 0.217 e. The lowest BCUT2D eigenvalue weighted by Gasteiger charge is -2.73. The van der Waals surface area contributed by atoms with Crippen LogP contribution in [0.25, 0.3) is 0 Å². The molecule has 1 amide bonds. The minimum Gasteiger partial charge on any atom is -0.394 e. The molecule has 6 rings (SSSR count). The summed E-state index contributed by atoms with van der Waals surface area (Å²) in [6.45, 7) is 18.4. The molecule has 6 aliphatic rings. The van der Waals surface area contributed by atoms with Crippen LogP contribution in [0.2, 0.25) is 0 Å². The van der Waals surface area contributed by atoms with Gasteiger partial charge in [0.2, 0.25) is 5.91 Å². The zero-order chi connectivity index (χ0) is 38.9. The first kappa shape index (κ1) is 41.8. The fourth-order valence-electron chi connectivity index (χ4n) is 15.0. The number of hydrogen-bond donors (Lipinski definition) is 7. The lowest BCUT2D eigenvalue weighted by molar-refractivity contribution is -0.277. The van der Waals surface area contributed by atoms with Gasteiger partial charge >= 0.3 is 0 Å². The average molecular weight is 750 g/mol. The number of nitrogens with one attached hydrogen (secondary N) is 1. The topological polar surface area (TPSA) is 169 Å². The molecule has 6 fully saturated rings. The van der Waals surface area contributed by atoms with Crippen molar-refractivity contribution < 1.29 is 44.9 Å². The monoisotopic (exact) mass is 750 g/mol. The maximum atomic E-state index is 11.7. The fraction of sp³-hybridized carbons (Fsp3) is 0.977. The fourth-order valence-corrected chi connectivity index (χ4v) is 15.0. The molecule has 0 aromatic carbocycles. The predicted molar refractivity (Wildman–Crippen MR) is 202 cm³/mol. The van der Waals surface area contributed by atoms with E-state index < -0.39 is 68.1 Å². The Kier molecular flexibility index (Phi) is 11.9. The molecule has 0 spiro atoms. The standard InChI is InChI=1S/C43H75NO9/c1-24(10-11-28(47)35(49)29(48)23-52-38-34(44-25(2)46)37(51)36(50)30(22-45)53-38)26-14-19-40(5)27(26)15-20-42(7)32(40)12-13-33-41(6)18-9-17-39(3,4)31(41)16-21-43(33,42)8/h24,26-38,45,47-51H,9-23H2,1-8H3,(H,44,46)/t24-,26-,27+,28-,29+,30-,31+,32-,33-,34-,35-,36-,37-,38-,40+,41+,42-,43-/m1/s1. The Labute approximate surface area is 319 Å². The molecular formula is C43H75NO9. The zero-order valence-electron chi connectivity index (χ0n) is 34.1. The van der Waals surface area contributed by atoms with Crippen LogP contribution in [0.15, 0.2) is 0 Å². The molecule has 0 aromatic rings. The summed E-state index contributed by atoms with van der Waals surface area (Å²) >= 11 is 0. The van der Waals surface area contributed by atoms with E-state index in [0.717, 1.165) is 24.2 Å². The number of amides is 1. The second kappa shape index (κ2) is 15.1. The van der Waals surface area contributed by atoms with Crippen molar-refractivity contribution >= 4 is 5.91 Å². The van der Waals surface area contributed by atoms with E-state index in [-0.39, 0.29) is 0 Å². The van der Waals surface area contributed by atoms with E-state index in [1.807, 2.05) is 0 Å². The molecule has 18 atom stereocenters. The van der Waals surface area contributed by atoms with E-state index >= 15 is 0 Å². The zero-order valence-corrected chi connectivity index (χ0v) is 34.1. The summed E-state index contributed by atoms with van der Waals surface area (Å²) in [5.74, 6) is 3.52. The van der Waals surface area contributed by atoms with Gasteiger partial charge in [-0.3, -0.25) is 4.79 Å². The number of rotatable bonds is 11. The Morgan fingerprint density at radius 2 is 1.43 bits per heavy atom. The summed E-state index contributed by atoms with van der Waals surface area (Å²) in [6.07, 6.45) is 6.35. The maximum Gasteiger partial charge on any atom is 0.217 e. The van der Waals surface area contributed by atoms with Crippen molar-refractivity contribution in [3.63, 3.8) is 0 Å². The molecule has 0 radical (unpaired) electrons. The van der Waals surface area contributed by atoms with Crippen molar-refractivity contribution in [2.75, 3.05) is 13.2 Å². The van der Waals surface area contributed by atoms with Crippen LogP contribution < -0.4 is 5.32 Å². The van der Waals surface area contributed by atoms with Gasteiger partial charge in [-0.15, -0.1) is 0 Å². The molecule has 7 N–H and O–H groups in total. The van der Waals surface area contributed by atoms with Gasteiger partial charge < -0.3 is 45.4 Å². The number of fused-ring (bicyclic) bond motifs is 7. The summed E-state index contributed by atoms with van der Waals surface area (Å²) in [4.78, 5) is 11.7. The predicted octanol–water partition coefficient (Wildman–Crippen LogP) is 4.94. The van der Waals surface area contributed by atoms with E-state index in [2.05, 4.69) is 53.8 Å². The van der Waals surface area contributed by atoms with E-state index in [1.165, 1.54) is 77.6 Å². The van der Waals surface area contributed by atoms with Gasteiger partial charge in [-0.05, 0) is 140 Å².